The van der Waals surface area contributed by atoms with Crippen LogP contribution in [0.3, 0.4) is 0 Å². The van der Waals surface area contributed by atoms with E-state index in [0.29, 0.717) is 6.42 Å². The van der Waals surface area contributed by atoms with Crippen molar-refractivity contribution in [3.63, 3.8) is 0 Å². The smallest absolute Gasteiger partial charge is 0.227 e. The number of amides is 1. The van der Waals surface area contributed by atoms with E-state index in [4.69, 9.17) is 15.8 Å². The molecule has 98 valence electrons. The van der Waals surface area contributed by atoms with Crippen LogP contribution >= 0.6 is 0 Å². The molecule has 0 saturated carbocycles. The average Bonchev–Trinajstić information content (AvgIpc) is 2.32. The SMILES string of the molecule is C[Si](C)(C)CC1CC(C#N)C(=C(C#N)C#N)NC1=O. The van der Waals surface area contributed by atoms with Crippen molar-refractivity contribution in [3.05, 3.63) is 11.3 Å². The number of carbonyl (C=O) groups excluding carboxylic acids is 1. The van der Waals surface area contributed by atoms with Crippen LogP contribution in [-0.4, -0.2) is 14.0 Å². The molecule has 5 nitrogen and oxygen atoms in total. The Kier molecular flexibility index (Phi) is 4.48. The molecule has 1 aliphatic heterocycles. The van der Waals surface area contributed by atoms with Gasteiger partial charge in [-0.15, -0.1) is 0 Å². The highest BCUT2D eigenvalue weighted by Gasteiger charge is 2.36. The molecule has 0 radical (unpaired) electrons. The monoisotopic (exact) mass is 272 g/mol. The second kappa shape index (κ2) is 5.69. The predicted octanol–water partition coefficient (Wildman–Crippen LogP) is 1.90. The van der Waals surface area contributed by atoms with Gasteiger partial charge in [0.1, 0.15) is 17.7 Å². The molecule has 1 amide bonds. The Bertz CT molecular complexity index is 523. The van der Waals surface area contributed by atoms with Gasteiger partial charge in [0.15, 0.2) is 0 Å². The Morgan fingerprint density at radius 1 is 1.32 bits per heavy atom. The molecule has 0 aliphatic carbocycles. The number of carbonyl (C=O) groups is 1. The van der Waals surface area contributed by atoms with Gasteiger partial charge in [-0.05, 0) is 12.5 Å². The van der Waals surface area contributed by atoms with Gasteiger partial charge < -0.3 is 5.32 Å². The van der Waals surface area contributed by atoms with Gasteiger partial charge in [0, 0.05) is 14.0 Å². The van der Waals surface area contributed by atoms with Gasteiger partial charge in [0.25, 0.3) is 0 Å². The van der Waals surface area contributed by atoms with Gasteiger partial charge in [-0.2, -0.15) is 15.8 Å². The summed E-state index contributed by atoms with van der Waals surface area (Å²) < 4.78 is 0. The van der Waals surface area contributed by atoms with Crippen LogP contribution in [0.2, 0.25) is 25.7 Å². The lowest BCUT2D eigenvalue weighted by atomic mass is 9.87. The van der Waals surface area contributed by atoms with Crippen LogP contribution in [0.4, 0.5) is 0 Å². The van der Waals surface area contributed by atoms with E-state index in [0.717, 1.165) is 6.04 Å². The van der Waals surface area contributed by atoms with Crippen molar-refractivity contribution in [2.75, 3.05) is 0 Å². The molecule has 0 spiro atoms. The Morgan fingerprint density at radius 3 is 2.32 bits per heavy atom. The number of piperidine rings is 1. The molecule has 1 fully saturated rings. The minimum absolute atomic E-state index is 0.171. The highest BCUT2D eigenvalue weighted by atomic mass is 28.3. The maximum atomic E-state index is 12.0. The fourth-order valence-corrected chi connectivity index (χ4v) is 4.08. The highest BCUT2D eigenvalue weighted by Crippen LogP contribution is 2.31. The largest absolute Gasteiger partial charge is 0.326 e. The van der Waals surface area contributed by atoms with Gasteiger partial charge in [-0.3, -0.25) is 4.79 Å². The summed E-state index contributed by atoms with van der Waals surface area (Å²) in [5.74, 6) is -0.945. The molecule has 0 bridgehead atoms. The zero-order valence-electron chi connectivity index (χ0n) is 11.3. The Morgan fingerprint density at radius 2 is 1.89 bits per heavy atom. The number of nitrogens with zero attached hydrogens (tertiary/aromatic N) is 3. The first-order chi connectivity index (χ1) is 8.82. The summed E-state index contributed by atoms with van der Waals surface area (Å²) in [4.78, 5) is 12.0. The molecule has 0 aromatic heterocycles. The van der Waals surface area contributed by atoms with Crippen LogP contribution in [0.1, 0.15) is 6.42 Å². The maximum Gasteiger partial charge on any atom is 0.227 e. The molecule has 0 aromatic rings. The summed E-state index contributed by atoms with van der Waals surface area (Å²) in [6.07, 6.45) is 0.398. The molecule has 1 N–H and O–H groups in total. The lowest BCUT2D eigenvalue weighted by Gasteiger charge is -2.31. The van der Waals surface area contributed by atoms with Crippen molar-refractivity contribution >= 4 is 14.0 Å². The normalized spacial score (nSPS) is 22.7. The maximum absolute atomic E-state index is 12.0. The summed E-state index contributed by atoms with van der Waals surface area (Å²) >= 11 is 0. The van der Waals surface area contributed by atoms with Crippen molar-refractivity contribution in [1.29, 1.82) is 15.8 Å². The van der Waals surface area contributed by atoms with E-state index in [1.807, 2.05) is 0 Å². The van der Waals surface area contributed by atoms with E-state index in [-0.39, 0.29) is 23.1 Å². The van der Waals surface area contributed by atoms with Crippen LogP contribution < -0.4 is 5.32 Å². The Labute approximate surface area is 114 Å². The second-order valence-corrected chi connectivity index (χ2v) is 11.4. The average molecular weight is 272 g/mol. The fraction of sp³-hybridized carbons (Fsp3) is 0.538. The van der Waals surface area contributed by atoms with Gasteiger partial charge in [0.05, 0.1) is 17.7 Å². The van der Waals surface area contributed by atoms with Gasteiger partial charge in [-0.1, -0.05) is 19.6 Å². The van der Waals surface area contributed by atoms with Crippen molar-refractivity contribution in [3.8, 4) is 18.2 Å². The van der Waals surface area contributed by atoms with Crippen LogP contribution in [0.15, 0.2) is 11.3 Å². The molecule has 1 saturated heterocycles. The van der Waals surface area contributed by atoms with Crippen LogP contribution in [0, 0.1) is 45.8 Å². The first kappa shape index (κ1) is 15.0. The standard InChI is InChI=1S/C13H16N4OSi/c1-19(2,3)8-10-4-9(5-14)12(17-13(10)18)11(6-15)7-16/h9-10H,4,8H2,1-3H3,(H,17,18). The first-order valence-corrected chi connectivity index (χ1v) is 9.78. The number of hydrogen-bond donors (Lipinski definition) is 1. The molecule has 2 atom stereocenters. The molecule has 1 rings (SSSR count). The van der Waals surface area contributed by atoms with E-state index in [1.165, 1.54) is 0 Å². The van der Waals surface area contributed by atoms with E-state index in [9.17, 15) is 4.79 Å². The van der Waals surface area contributed by atoms with Gasteiger partial charge >= 0.3 is 0 Å². The van der Waals surface area contributed by atoms with Crippen molar-refractivity contribution < 1.29 is 4.79 Å². The fourth-order valence-electron chi connectivity index (χ4n) is 2.25. The number of nitrogens with one attached hydrogen (secondary N) is 1. The third-order valence-corrected chi connectivity index (χ3v) is 4.72. The van der Waals surface area contributed by atoms with Crippen molar-refractivity contribution in [2.24, 2.45) is 11.8 Å². The molecule has 6 heteroatoms. The molecular weight excluding hydrogens is 256 g/mol. The Hall–Kier alpha value is -2.10. The summed E-state index contributed by atoms with van der Waals surface area (Å²) in [6.45, 7) is 6.51. The van der Waals surface area contributed by atoms with E-state index < -0.39 is 14.0 Å². The molecular formula is C13H16N4OSi. The minimum atomic E-state index is -1.41. The summed E-state index contributed by atoms with van der Waals surface area (Å²) in [7, 11) is -1.41. The molecule has 0 aromatic carbocycles. The zero-order valence-corrected chi connectivity index (χ0v) is 12.3. The molecule has 1 aliphatic rings. The summed E-state index contributed by atoms with van der Waals surface area (Å²) in [5, 5.41) is 29.4. The van der Waals surface area contributed by atoms with E-state index in [1.54, 1.807) is 12.1 Å². The molecule has 19 heavy (non-hydrogen) atoms. The number of allylic oxidation sites excluding steroid dienone is 2. The zero-order chi connectivity index (χ0) is 14.6. The third-order valence-electron chi connectivity index (χ3n) is 3.00. The van der Waals surface area contributed by atoms with Crippen LogP contribution in [-0.2, 0) is 4.79 Å². The van der Waals surface area contributed by atoms with E-state index in [2.05, 4.69) is 31.0 Å². The van der Waals surface area contributed by atoms with Gasteiger partial charge in [0.2, 0.25) is 5.91 Å². The second-order valence-electron chi connectivity index (χ2n) is 5.88. The summed E-state index contributed by atoms with van der Waals surface area (Å²) in [6, 6.07) is 6.35. The predicted molar refractivity (Wildman–Crippen MR) is 71.8 cm³/mol. The van der Waals surface area contributed by atoms with E-state index >= 15 is 0 Å². The van der Waals surface area contributed by atoms with Crippen LogP contribution in [0.25, 0.3) is 0 Å². The molecule has 1 heterocycles. The lowest BCUT2D eigenvalue weighted by Crippen LogP contribution is -2.42. The lowest BCUT2D eigenvalue weighted by molar-refractivity contribution is -0.125. The number of rotatable bonds is 2. The number of nitriles is 3. The summed E-state index contributed by atoms with van der Waals surface area (Å²) in [5.41, 5.74) is -0.00400. The minimum Gasteiger partial charge on any atom is -0.326 e. The number of hydrogen-bond acceptors (Lipinski definition) is 4. The third kappa shape index (κ3) is 3.68. The first-order valence-electron chi connectivity index (χ1n) is 6.07. The van der Waals surface area contributed by atoms with Crippen molar-refractivity contribution in [1.82, 2.24) is 5.32 Å². The quantitative estimate of drug-likeness (QED) is 0.612. The van der Waals surface area contributed by atoms with Crippen LogP contribution in [0.5, 0.6) is 0 Å². The van der Waals surface area contributed by atoms with Crippen molar-refractivity contribution in [2.45, 2.75) is 32.1 Å². The Balaban J connectivity index is 3.04. The topological polar surface area (TPSA) is 100 Å². The highest BCUT2D eigenvalue weighted by molar-refractivity contribution is 6.76. The van der Waals surface area contributed by atoms with Gasteiger partial charge in [-0.25, -0.2) is 0 Å². The molecule has 2 unspecified atom stereocenters.